The van der Waals surface area contributed by atoms with Crippen molar-refractivity contribution in [1.29, 1.82) is 0 Å². The van der Waals surface area contributed by atoms with Gasteiger partial charge in [-0.1, -0.05) is 13.0 Å². The number of carbonyl (C=O) groups is 1. The molecule has 1 rings (SSSR count). The summed E-state index contributed by atoms with van der Waals surface area (Å²) in [4.78, 5) is 10.2. The van der Waals surface area contributed by atoms with Crippen LogP contribution in [0, 0.1) is 0 Å². The van der Waals surface area contributed by atoms with Crippen LogP contribution in [0.5, 0.6) is 11.5 Å². The van der Waals surface area contributed by atoms with Crippen molar-refractivity contribution >= 4 is 6.29 Å². The molecule has 3 heteroatoms. The lowest BCUT2D eigenvalue weighted by Crippen LogP contribution is -1.95. The first kappa shape index (κ1) is 9.58. The van der Waals surface area contributed by atoms with E-state index in [1.54, 1.807) is 13.0 Å². The molecule has 1 atom stereocenters. The topological polar surface area (TPSA) is 57.5 Å². The minimum atomic E-state index is -0.154. The molecule has 0 saturated carbocycles. The maximum atomic E-state index is 10.2. The van der Waals surface area contributed by atoms with E-state index in [9.17, 15) is 15.0 Å². The largest absolute Gasteiger partial charge is 0.508 e. The highest BCUT2D eigenvalue weighted by Crippen LogP contribution is 2.34. The molecule has 1 aromatic rings. The number of hydrogen-bond acceptors (Lipinski definition) is 3. The molecular formula is C10H12O3. The number of aldehydes is 1. The molecular weight excluding hydrogens is 168 g/mol. The van der Waals surface area contributed by atoms with E-state index in [-0.39, 0.29) is 17.4 Å². The summed E-state index contributed by atoms with van der Waals surface area (Å²) in [6, 6.07) is 4.55. The Morgan fingerprint density at radius 2 is 1.92 bits per heavy atom. The van der Waals surface area contributed by atoms with Gasteiger partial charge in [-0.25, -0.2) is 0 Å². The van der Waals surface area contributed by atoms with E-state index in [2.05, 4.69) is 0 Å². The zero-order valence-corrected chi connectivity index (χ0v) is 7.40. The van der Waals surface area contributed by atoms with Gasteiger partial charge in [-0.05, 0) is 18.1 Å². The molecule has 0 heterocycles. The number of phenolic OH excluding ortho intramolecular Hbond substituents is 2. The van der Waals surface area contributed by atoms with Crippen LogP contribution in [0.4, 0.5) is 0 Å². The van der Waals surface area contributed by atoms with Crippen LogP contribution in [0.1, 0.15) is 24.8 Å². The number of phenols is 2. The second kappa shape index (κ2) is 3.94. The van der Waals surface area contributed by atoms with Crippen molar-refractivity contribution in [3.8, 4) is 11.5 Å². The minimum Gasteiger partial charge on any atom is -0.508 e. The molecule has 13 heavy (non-hydrogen) atoms. The lowest BCUT2D eigenvalue weighted by molar-refractivity contribution is -0.108. The minimum absolute atomic E-state index is 0.0364. The monoisotopic (exact) mass is 180 g/mol. The summed E-state index contributed by atoms with van der Waals surface area (Å²) in [5, 5.41) is 18.8. The zero-order valence-electron chi connectivity index (χ0n) is 7.40. The maximum Gasteiger partial charge on any atom is 0.122 e. The van der Waals surface area contributed by atoms with Gasteiger partial charge in [0.2, 0.25) is 0 Å². The molecule has 0 bridgehead atoms. The second-order valence-electron chi connectivity index (χ2n) is 3.01. The molecule has 0 aromatic heterocycles. The summed E-state index contributed by atoms with van der Waals surface area (Å²) < 4.78 is 0. The quantitative estimate of drug-likeness (QED) is 0.697. The van der Waals surface area contributed by atoms with Gasteiger partial charge in [0, 0.05) is 12.0 Å². The first-order valence-corrected chi connectivity index (χ1v) is 4.11. The number of carbonyl (C=O) groups excluding carboxylic acids is 1. The standard InChI is InChI=1S/C10H12O3/c1-7(5-6-11)10-8(12)3-2-4-9(10)13/h2-4,6-7,12-13H,5H2,1H3. The highest BCUT2D eigenvalue weighted by atomic mass is 16.3. The van der Waals surface area contributed by atoms with Crippen LogP contribution in [0.3, 0.4) is 0 Å². The number of benzene rings is 1. The van der Waals surface area contributed by atoms with Crippen LogP contribution >= 0.6 is 0 Å². The fourth-order valence-corrected chi connectivity index (χ4v) is 1.31. The Bertz CT molecular complexity index is 287. The summed E-state index contributed by atoms with van der Waals surface area (Å²) in [6.45, 7) is 1.78. The summed E-state index contributed by atoms with van der Waals surface area (Å²) in [5.41, 5.74) is 0.439. The van der Waals surface area contributed by atoms with Crippen LogP contribution in [0.2, 0.25) is 0 Å². The van der Waals surface area contributed by atoms with E-state index in [1.165, 1.54) is 12.1 Å². The summed E-state index contributed by atoms with van der Waals surface area (Å²) in [5.74, 6) is -0.0811. The van der Waals surface area contributed by atoms with Crippen LogP contribution in [-0.2, 0) is 4.79 Å². The van der Waals surface area contributed by atoms with Gasteiger partial charge in [-0.3, -0.25) is 0 Å². The summed E-state index contributed by atoms with van der Waals surface area (Å²) in [6.07, 6.45) is 1.07. The first-order valence-electron chi connectivity index (χ1n) is 4.11. The Hall–Kier alpha value is -1.51. The molecule has 0 aliphatic heterocycles. The Kier molecular flexibility index (Phi) is 2.90. The van der Waals surface area contributed by atoms with Gasteiger partial charge in [0.05, 0.1) is 0 Å². The average molecular weight is 180 g/mol. The lowest BCUT2D eigenvalue weighted by Gasteiger charge is -2.11. The van der Waals surface area contributed by atoms with Crippen molar-refractivity contribution in [2.24, 2.45) is 0 Å². The van der Waals surface area contributed by atoms with E-state index in [1.807, 2.05) is 0 Å². The van der Waals surface area contributed by atoms with Crippen molar-refractivity contribution in [3.05, 3.63) is 23.8 Å². The van der Waals surface area contributed by atoms with E-state index in [0.717, 1.165) is 6.29 Å². The van der Waals surface area contributed by atoms with Crippen LogP contribution in [0.25, 0.3) is 0 Å². The molecule has 1 aromatic carbocycles. The highest BCUT2D eigenvalue weighted by Gasteiger charge is 2.13. The van der Waals surface area contributed by atoms with Crippen molar-refractivity contribution in [3.63, 3.8) is 0 Å². The molecule has 0 saturated heterocycles. The third-order valence-corrected chi connectivity index (χ3v) is 2.00. The van der Waals surface area contributed by atoms with Gasteiger partial charge < -0.3 is 15.0 Å². The van der Waals surface area contributed by atoms with E-state index >= 15 is 0 Å². The molecule has 1 unspecified atom stereocenters. The third-order valence-electron chi connectivity index (χ3n) is 2.00. The fraction of sp³-hybridized carbons (Fsp3) is 0.300. The summed E-state index contributed by atoms with van der Waals surface area (Å²) in [7, 11) is 0. The van der Waals surface area contributed by atoms with Crippen LogP contribution < -0.4 is 0 Å². The smallest absolute Gasteiger partial charge is 0.122 e. The number of aromatic hydroxyl groups is 2. The first-order chi connectivity index (χ1) is 6.16. The van der Waals surface area contributed by atoms with Crippen molar-refractivity contribution < 1.29 is 15.0 Å². The van der Waals surface area contributed by atoms with E-state index in [4.69, 9.17) is 0 Å². The Morgan fingerprint density at radius 3 is 2.38 bits per heavy atom. The molecule has 0 radical (unpaired) electrons. The lowest BCUT2D eigenvalue weighted by atomic mass is 9.96. The summed E-state index contributed by atoms with van der Waals surface area (Å²) >= 11 is 0. The Morgan fingerprint density at radius 1 is 1.38 bits per heavy atom. The van der Waals surface area contributed by atoms with Crippen molar-refractivity contribution in [1.82, 2.24) is 0 Å². The SMILES string of the molecule is CC(CC=O)c1c(O)cccc1O. The zero-order chi connectivity index (χ0) is 9.84. The van der Waals surface area contributed by atoms with Crippen molar-refractivity contribution in [2.45, 2.75) is 19.3 Å². The van der Waals surface area contributed by atoms with E-state index in [0.29, 0.717) is 12.0 Å². The van der Waals surface area contributed by atoms with Gasteiger partial charge in [0.15, 0.2) is 0 Å². The van der Waals surface area contributed by atoms with Crippen LogP contribution in [0.15, 0.2) is 18.2 Å². The highest BCUT2D eigenvalue weighted by molar-refractivity contribution is 5.54. The molecule has 0 fully saturated rings. The predicted octanol–water partition coefficient (Wildman–Crippen LogP) is 1.79. The number of rotatable bonds is 3. The van der Waals surface area contributed by atoms with Gasteiger partial charge in [0.1, 0.15) is 17.8 Å². The molecule has 0 amide bonds. The molecule has 3 nitrogen and oxygen atoms in total. The van der Waals surface area contributed by atoms with Gasteiger partial charge in [0.25, 0.3) is 0 Å². The maximum absolute atomic E-state index is 10.2. The molecule has 70 valence electrons. The normalized spacial score (nSPS) is 12.4. The van der Waals surface area contributed by atoms with Gasteiger partial charge in [-0.2, -0.15) is 0 Å². The predicted molar refractivity (Wildman–Crippen MR) is 48.9 cm³/mol. The number of hydrogen-bond donors (Lipinski definition) is 2. The van der Waals surface area contributed by atoms with E-state index < -0.39 is 0 Å². The second-order valence-corrected chi connectivity index (χ2v) is 3.01. The van der Waals surface area contributed by atoms with Crippen molar-refractivity contribution in [2.75, 3.05) is 0 Å². The molecule has 0 aliphatic rings. The Labute approximate surface area is 76.6 Å². The van der Waals surface area contributed by atoms with Gasteiger partial charge >= 0.3 is 0 Å². The Balaban J connectivity index is 3.04. The average Bonchev–Trinajstić information content (AvgIpc) is 2.04. The molecule has 2 N–H and O–H groups in total. The molecule has 0 aliphatic carbocycles. The third kappa shape index (κ3) is 1.99. The van der Waals surface area contributed by atoms with Crippen LogP contribution in [-0.4, -0.2) is 16.5 Å². The fourth-order valence-electron chi connectivity index (χ4n) is 1.31. The van der Waals surface area contributed by atoms with Gasteiger partial charge in [-0.15, -0.1) is 0 Å². The molecule has 0 spiro atoms.